The number of rotatable bonds is 2. The second kappa shape index (κ2) is 5.76. The first-order chi connectivity index (χ1) is 9.24. The van der Waals surface area contributed by atoms with Crippen LogP contribution < -0.4 is 0 Å². The van der Waals surface area contributed by atoms with E-state index in [-0.39, 0.29) is 6.09 Å². The predicted molar refractivity (Wildman–Crippen MR) is 83.9 cm³/mol. The molecule has 0 saturated carbocycles. The fourth-order valence-corrected chi connectivity index (χ4v) is 2.85. The highest BCUT2D eigenvalue weighted by Gasteiger charge is 2.33. The van der Waals surface area contributed by atoms with E-state index in [0.717, 1.165) is 24.0 Å². The molecule has 110 valence electrons. The molecular weight excluding hydrogens is 318 g/mol. The first-order valence-electron chi connectivity index (χ1n) is 6.97. The lowest BCUT2D eigenvalue weighted by Crippen LogP contribution is -2.52. The molecule has 1 aromatic rings. The van der Waals surface area contributed by atoms with Crippen molar-refractivity contribution in [2.24, 2.45) is 5.92 Å². The van der Waals surface area contributed by atoms with Gasteiger partial charge in [0.1, 0.15) is 5.60 Å². The molecule has 20 heavy (non-hydrogen) atoms. The first-order valence-corrected chi connectivity index (χ1v) is 7.77. The van der Waals surface area contributed by atoms with Crippen LogP contribution in [0.3, 0.4) is 0 Å². The van der Waals surface area contributed by atoms with Crippen LogP contribution >= 0.6 is 15.9 Å². The monoisotopic (exact) mass is 339 g/mol. The Bertz CT molecular complexity index is 502. The Morgan fingerprint density at radius 3 is 2.60 bits per heavy atom. The number of likely N-dealkylation sites (tertiary alicyclic amines) is 1. The zero-order valence-corrected chi connectivity index (χ0v) is 14.2. The minimum atomic E-state index is -0.412. The summed E-state index contributed by atoms with van der Waals surface area (Å²) in [5.74, 6) is 0.544. The van der Waals surface area contributed by atoms with Crippen LogP contribution in [-0.2, 0) is 11.2 Å². The Balaban J connectivity index is 1.83. The predicted octanol–water partition coefficient (Wildman–Crippen LogP) is 4.17. The van der Waals surface area contributed by atoms with E-state index in [1.807, 2.05) is 20.8 Å². The number of halogens is 1. The summed E-state index contributed by atoms with van der Waals surface area (Å²) in [6.07, 6.45) is 0.833. The van der Waals surface area contributed by atoms with E-state index in [2.05, 4.69) is 41.1 Å². The third-order valence-corrected chi connectivity index (χ3v) is 3.92. The molecule has 2 rings (SSSR count). The molecule has 0 atom stereocenters. The number of nitrogens with zero attached hydrogens (tertiary/aromatic N) is 1. The molecule has 1 aliphatic rings. The standard InChI is InChI=1S/C16H22BrNO2/c1-11-7-14(17)6-5-13(11)8-12-9-18(10-12)15(19)20-16(2,3)4/h5-7,12H,8-10H2,1-4H3. The Kier molecular flexibility index (Phi) is 4.43. The van der Waals surface area contributed by atoms with Gasteiger partial charge in [-0.1, -0.05) is 22.0 Å². The number of aryl methyl sites for hydroxylation is 1. The molecule has 0 aromatic heterocycles. The largest absolute Gasteiger partial charge is 0.444 e. The van der Waals surface area contributed by atoms with Crippen LogP contribution in [0.15, 0.2) is 22.7 Å². The van der Waals surface area contributed by atoms with Gasteiger partial charge in [-0.25, -0.2) is 4.79 Å². The van der Waals surface area contributed by atoms with Crippen molar-refractivity contribution in [1.82, 2.24) is 4.90 Å². The number of benzene rings is 1. The van der Waals surface area contributed by atoms with E-state index in [1.54, 1.807) is 4.90 Å². The smallest absolute Gasteiger partial charge is 0.410 e. The Morgan fingerprint density at radius 2 is 2.05 bits per heavy atom. The molecule has 0 spiro atoms. The van der Waals surface area contributed by atoms with Crippen molar-refractivity contribution in [2.75, 3.05) is 13.1 Å². The molecule has 1 fully saturated rings. The third kappa shape index (κ3) is 3.98. The van der Waals surface area contributed by atoms with Crippen molar-refractivity contribution in [2.45, 2.75) is 39.7 Å². The minimum absolute atomic E-state index is 0.193. The van der Waals surface area contributed by atoms with E-state index < -0.39 is 5.60 Å². The number of carbonyl (C=O) groups excluding carboxylic acids is 1. The van der Waals surface area contributed by atoms with Gasteiger partial charge >= 0.3 is 6.09 Å². The van der Waals surface area contributed by atoms with Crippen LogP contribution in [0.25, 0.3) is 0 Å². The molecule has 1 aromatic carbocycles. The van der Waals surface area contributed by atoms with Crippen LogP contribution in [0.5, 0.6) is 0 Å². The van der Waals surface area contributed by atoms with Crippen molar-refractivity contribution < 1.29 is 9.53 Å². The summed E-state index contributed by atoms with van der Waals surface area (Å²) in [7, 11) is 0. The Hall–Kier alpha value is -1.03. The van der Waals surface area contributed by atoms with Gasteiger partial charge in [0.05, 0.1) is 0 Å². The zero-order chi connectivity index (χ0) is 14.9. The highest BCUT2D eigenvalue weighted by atomic mass is 79.9. The fraction of sp³-hybridized carbons (Fsp3) is 0.562. The normalized spacial score (nSPS) is 15.9. The van der Waals surface area contributed by atoms with E-state index >= 15 is 0 Å². The van der Waals surface area contributed by atoms with Gasteiger partial charge in [-0.15, -0.1) is 0 Å². The van der Waals surface area contributed by atoms with Gasteiger partial charge in [-0.3, -0.25) is 0 Å². The number of carbonyl (C=O) groups is 1. The lowest BCUT2D eigenvalue weighted by Gasteiger charge is -2.40. The molecule has 1 aliphatic heterocycles. The van der Waals surface area contributed by atoms with Crippen molar-refractivity contribution in [1.29, 1.82) is 0 Å². The lowest BCUT2D eigenvalue weighted by molar-refractivity contribution is -0.000889. The molecule has 1 saturated heterocycles. The van der Waals surface area contributed by atoms with Crippen molar-refractivity contribution in [3.8, 4) is 0 Å². The van der Waals surface area contributed by atoms with Crippen LogP contribution in [0.1, 0.15) is 31.9 Å². The van der Waals surface area contributed by atoms with Crippen molar-refractivity contribution >= 4 is 22.0 Å². The van der Waals surface area contributed by atoms with Gasteiger partial charge in [-0.05, 0) is 63.3 Å². The number of ether oxygens (including phenoxy) is 1. The number of hydrogen-bond acceptors (Lipinski definition) is 2. The average molecular weight is 340 g/mol. The summed E-state index contributed by atoms with van der Waals surface area (Å²) in [5, 5.41) is 0. The third-order valence-electron chi connectivity index (χ3n) is 3.42. The molecule has 0 N–H and O–H groups in total. The highest BCUT2D eigenvalue weighted by molar-refractivity contribution is 9.10. The number of amides is 1. The lowest BCUT2D eigenvalue weighted by atomic mass is 9.90. The minimum Gasteiger partial charge on any atom is -0.444 e. The Morgan fingerprint density at radius 1 is 1.40 bits per heavy atom. The van der Waals surface area contributed by atoms with Gasteiger partial charge in [0.2, 0.25) is 0 Å². The molecule has 0 unspecified atom stereocenters. The van der Waals surface area contributed by atoms with Crippen LogP contribution in [0.2, 0.25) is 0 Å². The van der Waals surface area contributed by atoms with E-state index in [0.29, 0.717) is 5.92 Å². The molecule has 3 nitrogen and oxygen atoms in total. The molecule has 0 bridgehead atoms. The van der Waals surface area contributed by atoms with Crippen molar-refractivity contribution in [3.05, 3.63) is 33.8 Å². The summed E-state index contributed by atoms with van der Waals surface area (Å²) >= 11 is 3.48. The zero-order valence-electron chi connectivity index (χ0n) is 12.6. The topological polar surface area (TPSA) is 29.5 Å². The first kappa shape index (κ1) is 15.4. The second-order valence-electron chi connectivity index (χ2n) is 6.53. The van der Waals surface area contributed by atoms with Gasteiger partial charge in [0, 0.05) is 17.6 Å². The average Bonchev–Trinajstić information content (AvgIpc) is 2.22. The van der Waals surface area contributed by atoms with Crippen molar-refractivity contribution in [3.63, 3.8) is 0 Å². The summed E-state index contributed by atoms with van der Waals surface area (Å²) in [5.41, 5.74) is 2.25. The van der Waals surface area contributed by atoms with Crippen LogP contribution in [0.4, 0.5) is 4.79 Å². The molecule has 1 heterocycles. The van der Waals surface area contributed by atoms with Crippen LogP contribution in [0, 0.1) is 12.8 Å². The van der Waals surface area contributed by atoms with Gasteiger partial charge in [0.15, 0.2) is 0 Å². The summed E-state index contributed by atoms with van der Waals surface area (Å²) in [4.78, 5) is 13.6. The SMILES string of the molecule is Cc1cc(Br)ccc1CC1CN(C(=O)OC(C)(C)C)C1. The van der Waals surface area contributed by atoms with E-state index in [9.17, 15) is 4.79 Å². The van der Waals surface area contributed by atoms with E-state index in [4.69, 9.17) is 4.74 Å². The quantitative estimate of drug-likeness (QED) is 0.809. The highest BCUT2D eigenvalue weighted by Crippen LogP contribution is 2.25. The van der Waals surface area contributed by atoms with Crippen LogP contribution in [-0.4, -0.2) is 29.7 Å². The second-order valence-corrected chi connectivity index (χ2v) is 7.44. The van der Waals surface area contributed by atoms with Gasteiger partial charge in [-0.2, -0.15) is 0 Å². The summed E-state index contributed by atoms with van der Waals surface area (Å²) < 4.78 is 6.47. The van der Waals surface area contributed by atoms with Gasteiger partial charge < -0.3 is 9.64 Å². The Labute approximate surface area is 129 Å². The molecule has 0 radical (unpaired) electrons. The van der Waals surface area contributed by atoms with Gasteiger partial charge in [0.25, 0.3) is 0 Å². The molecular formula is C16H22BrNO2. The molecule has 1 amide bonds. The molecule has 4 heteroatoms. The van der Waals surface area contributed by atoms with E-state index in [1.165, 1.54) is 11.1 Å². The molecule has 0 aliphatic carbocycles. The maximum atomic E-state index is 11.8. The number of hydrogen-bond donors (Lipinski definition) is 0. The maximum Gasteiger partial charge on any atom is 0.410 e. The maximum absolute atomic E-state index is 11.8. The summed E-state index contributed by atoms with van der Waals surface area (Å²) in [6, 6.07) is 6.38. The fourth-order valence-electron chi connectivity index (χ4n) is 2.37. The summed E-state index contributed by atoms with van der Waals surface area (Å²) in [6.45, 7) is 9.41.